The highest BCUT2D eigenvalue weighted by Crippen LogP contribution is 2.26. The van der Waals surface area contributed by atoms with Crippen LogP contribution >= 0.6 is 0 Å². The number of hydrogen-bond donors (Lipinski definition) is 2. The van der Waals surface area contributed by atoms with E-state index in [0.717, 1.165) is 0 Å². The first-order valence-electron chi connectivity index (χ1n) is 7.65. The van der Waals surface area contributed by atoms with E-state index in [2.05, 4.69) is 14.7 Å². The van der Waals surface area contributed by atoms with Crippen molar-refractivity contribution in [3.63, 3.8) is 0 Å². The Morgan fingerprint density at radius 2 is 2.08 bits per heavy atom. The van der Waals surface area contributed by atoms with E-state index >= 15 is 0 Å². The molecular weight excluding hydrogens is 342 g/mol. The van der Waals surface area contributed by atoms with Crippen LogP contribution in [-0.2, 0) is 14.8 Å². The first kappa shape index (κ1) is 17.0. The fourth-order valence-electron chi connectivity index (χ4n) is 2.51. The Balaban J connectivity index is 2.02. The van der Waals surface area contributed by atoms with Crippen molar-refractivity contribution in [2.45, 2.75) is 18.9 Å². The molecule has 0 amide bonds. The second-order valence-corrected chi connectivity index (χ2v) is 7.00. The quantitative estimate of drug-likeness (QED) is 0.682. The number of benzene rings is 1. The van der Waals surface area contributed by atoms with Crippen LogP contribution in [0.5, 0.6) is 0 Å². The summed E-state index contributed by atoms with van der Waals surface area (Å²) in [5.74, 6) is -0.493. The number of para-hydroxylation sites is 1. The van der Waals surface area contributed by atoms with Crippen molar-refractivity contribution in [3.8, 4) is 0 Å². The van der Waals surface area contributed by atoms with Crippen molar-refractivity contribution in [1.82, 2.24) is 9.97 Å². The number of carbonyl (C=O) groups excluding carboxylic acids is 1. The fraction of sp³-hybridized carbons (Fsp3) is 0.176. The van der Waals surface area contributed by atoms with Crippen LogP contribution in [0.2, 0.25) is 0 Å². The molecule has 2 heterocycles. The number of aryl methyl sites for hydroxylation is 1. The monoisotopic (exact) mass is 359 g/mol. The van der Waals surface area contributed by atoms with E-state index in [-0.39, 0.29) is 17.3 Å². The minimum atomic E-state index is -3.85. The molecule has 8 heteroatoms. The lowest BCUT2D eigenvalue weighted by atomic mass is 10.2. The van der Waals surface area contributed by atoms with Gasteiger partial charge in [-0.2, -0.15) is 8.42 Å². The van der Waals surface area contributed by atoms with Gasteiger partial charge in [0, 0.05) is 11.6 Å². The van der Waals surface area contributed by atoms with Crippen molar-refractivity contribution in [1.29, 1.82) is 0 Å². The molecule has 0 fully saturated rings. The Morgan fingerprint density at radius 1 is 1.28 bits per heavy atom. The second kappa shape index (κ2) is 6.56. The van der Waals surface area contributed by atoms with Crippen LogP contribution < -0.4 is 4.72 Å². The Bertz CT molecular complexity index is 1040. The van der Waals surface area contributed by atoms with E-state index in [0.29, 0.717) is 22.2 Å². The van der Waals surface area contributed by atoms with Crippen LogP contribution in [0.3, 0.4) is 0 Å². The summed E-state index contributed by atoms with van der Waals surface area (Å²) in [5.41, 5.74) is 1.64. The summed E-state index contributed by atoms with van der Waals surface area (Å²) in [6.07, 6.45) is 1.43. The van der Waals surface area contributed by atoms with Gasteiger partial charge in [0.2, 0.25) is 0 Å². The maximum Gasteiger partial charge on any atom is 0.354 e. The standard InChI is InChI=1S/C17H17N3O4S/c1-3-24-17(21)14-10-12-7-4-8-13(15(12)19-14)20-25(22,23)16-11(2)6-5-9-18-16/h4-10,19-20H,3H2,1-2H3. The van der Waals surface area contributed by atoms with E-state index in [4.69, 9.17) is 4.74 Å². The van der Waals surface area contributed by atoms with Gasteiger partial charge < -0.3 is 9.72 Å². The maximum atomic E-state index is 12.6. The molecule has 2 aromatic heterocycles. The lowest BCUT2D eigenvalue weighted by Gasteiger charge is -2.10. The number of pyridine rings is 1. The normalized spacial score (nSPS) is 11.4. The van der Waals surface area contributed by atoms with Crippen LogP contribution in [0, 0.1) is 6.92 Å². The molecule has 0 radical (unpaired) electrons. The summed E-state index contributed by atoms with van der Waals surface area (Å²) in [7, 11) is -3.85. The number of ether oxygens (including phenoxy) is 1. The van der Waals surface area contributed by atoms with Gasteiger partial charge in [-0.05, 0) is 37.6 Å². The molecule has 0 aliphatic heterocycles. The number of aromatic nitrogens is 2. The third-order valence-corrected chi connectivity index (χ3v) is 5.04. The molecule has 1 aromatic carbocycles. The van der Waals surface area contributed by atoms with E-state index in [1.807, 2.05) is 0 Å². The number of fused-ring (bicyclic) bond motifs is 1. The van der Waals surface area contributed by atoms with Crippen molar-refractivity contribution in [2.24, 2.45) is 0 Å². The highest BCUT2D eigenvalue weighted by molar-refractivity contribution is 7.92. The minimum Gasteiger partial charge on any atom is -0.461 e. The largest absolute Gasteiger partial charge is 0.461 e. The summed E-state index contributed by atoms with van der Waals surface area (Å²) in [6.45, 7) is 3.65. The van der Waals surface area contributed by atoms with Crippen molar-refractivity contribution in [3.05, 3.63) is 53.9 Å². The average Bonchev–Trinajstić information content (AvgIpc) is 3.00. The molecule has 0 bridgehead atoms. The van der Waals surface area contributed by atoms with Crippen LogP contribution in [0.1, 0.15) is 23.0 Å². The molecule has 25 heavy (non-hydrogen) atoms. The van der Waals surface area contributed by atoms with E-state index in [1.54, 1.807) is 50.2 Å². The number of anilines is 1. The number of rotatable bonds is 5. The van der Waals surface area contributed by atoms with E-state index < -0.39 is 16.0 Å². The highest BCUT2D eigenvalue weighted by atomic mass is 32.2. The fourth-order valence-corrected chi connectivity index (χ4v) is 3.75. The number of nitrogens with one attached hydrogen (secondary N) is 2. The number of aromatic amines is 1. The number of H-pyrrole nitrogens is 1. The lowest BCUT2D eigenvalue weighted by Crippen LogP contribution is -2.16. The van der Waals surface area contributed by atoms with Crippen LogP contribution in [0.15, 0.2) is 47.6 Å². The molecule has 0 saturated carbocycles. The first-order chi connectivity index (χ1) is 11.9. The zero-order chi connectivity index (χ0) is 18.0. The van der Waals surface area contributed by atoms with Gasteiger partial charge in [0.25, 0.3) is 10.0 Å². The van der Waals surface area contributed by atoms with Crippen molar-refractivity contribution >= 4 is 32.6 Å². The smallest absolute Gasteiger partial charge is 0.354 e. The van der Waals surface area contributed by atoms with Gasteiger partial charge in [-0.1, -0.05) is 18.2 Å². The number of hydrogen-bond acceptors (Lipinski definition) is 5. The van der Waals surface area contributed by atoms with Gasteiger partial charge in [0.1, 0.15) is 5.69 Å². The van der Waals surface area contributed by atoms with Crippen LogP contribution in [-0.4, -0.2) is 31.0 Å². The zero-order valence-electron chi connectivity index (χ0n) is 13.7. The van der Waals surface area contributed by atoms with E-state index in [9.17, 15) is 13.2 Å². The highest BCUT2D eigenvalue weighted by Gasteiger charge is 2.20. The zero-order valence-corrected chi connectivity index (χ0v) is 14.6. The first-order valence-corrected chi connectivity index (χ1v) is 9.14. The summed E-state index contributed by atoms with van der Waals surface area (Å²) >= 11 is 0. The molecule has 7 nitrogen and oxygen atoms in total. The average molecular weight is 359 g/mol. The molecule has 2 N–H and O–H groups in total. The number of carbonyl (C=O) groups is 1. The number of nitrogens with zero attached hydrogens (tertiary/aromatic N) is 1. The lowest BCUT2D eigenvalue weighted by molar-refractivity contribution is 0.0520. The molecule has 130 valence electrons. The second-order valence-electron chi connectivity index (χ2n) is 5.40. The predicted octanol–water partition coefficient (Wildman–Crippen LogP) is 2.85. The van der Waals surface area contributed by atoms with Gasteiger partial charge in [0.05, 0.1) is 17.8 Å². The Kier molecular flexibility index (Phi) is 4.45. The van der Waals surface area contributed by atoms with Gasteiger partial charge in [-0.15, -0.1) is 0 Å². The molecule has 0 atom stereocenters. The van der Waals surface area contributed by atoms with E-state index in [1.165, 1.54) is 6.20 Å². The third-order valence-electron chi connectivity index (χ3n) is 3.61. The van der Waals surface area contributed by atoms with Gasteiger partial charge in [-0.3, -0.25) is 4.72 Å². The molecular formula is C17H17N3O4S. The van der Waals surface area contributed by atoms with Crippen molar-refractivity contribution in [2.75, 3.05) is 11.3 Å². The Morgan fingerprint density at radius 3 is 2.80 bits per heavy atom. The van der Waals surface area contributed by atoms with Crippen molar-refractivity contribution < 1.29 is 17.9 Å². The Hall–Kier alpha value is -2.87. The molecule has 3 rings (SSSR count). The molecule has 0 spiro atoms. The van der Waals surface area contributed by atoms with Gasteiger partial charge in [-0.25, -0.2) is 9.78 Å². The Labute approximate surface area is 145 Å². The number of esters is 1. The molecule has 3 aromatic rings. The number of sulfonamides is 1. The minimum absolute atomic E-state index is 0.0378. The van der Waals surface area contributed by atoms with Crippen LogP contribution in [0.25, 0.3) is 10.9 Å². The van der Waals surface area contributed by atoms with Gasteiger partial charge >= 0.3 is 5.97 Å². The molecule has 0 saturated heterocycles. The topological polar surface area (TPSA) is 101 Å². The SMILES string of the molecule is CCOC(=O)c1cc2cccc(NS(=O)(=O)c3ncccc3C)c2[nH]1. The maximum absolute atomic E-state index is 12.6. The molecule has 0 unspecified atom stereocenters. The molecule has 0 aliphatic carbocycles. The predicted molar refractivity (Wildman–Crippen MR) is 94.0 cm³/mol. The van der Waals surface area contributed by atoms with Crippen LogP contribution in [0.4, 0.5) is 5.69 Å². The summed E-state index contributed by atoms with van der Waals surface area (Å²) in [5, 5.41) is 0.658. The summed E-state index contributed by atoms with van der Waals surface area (Å²) in [4.78, 5) is 18.7. The summed E-state index contributed by atoms with van der Waals surface area (Å²) in [6, 6.07) is 10.1. The van der Waals surface area contributed by atoms with Gasteiger partial charge in [0.15, 0.2) is 5.03 Å². The summed E-state index contributed by atoms with van der Waals surface area (Å²) < 4.78 is 32.8. The molecule has 0 aliphatic rings. The third kappa shape index (κ3) is 3.34.